The Kier molecular flexibility index (Phi) is 3.61. The van der Waals surface area contributed by atoms with Crippen molar-refractivity contribution in [2.75, 3.05) is 20.6 Å². The summed E-state index contributed by atoms with van der Waals surface area (Å²) in [5, 5.41) is 0.745. The van der Waals surface area contributed by atoms with Crippen LogP contribution in [-0.2, 0) is 0 Å². The minimum atomic E-state index is -2.76. The maximum absolute atomic E-state index is 6.56. The van der Waals surface area contributed by atoms with Crippen LogP contribution in [0.1, 0.15) is 5.56 Å². The molecule has 0 unspecified atom stereocenters. The first-order valence-corrected chi connectivity index (χ1v) is 11.4. The average molecular weight is 344 g/mol. The van der Waals surface area contributed by atoms with Crippen molar-refractivity contribution < 1.29 is 0 Å². The number of likely N-dealkylation sites (N-methyl/N-ethyl adjacent to an activating group) is 1. The van der Waals surface area contributed by atoms with Crippen molar-refractivity contribution >= 4 is 52.3 Å². The SMILES string of the molecule is CN(C)CC1=C(Cl)c2ccccc2[Se]1(Cl)Cl. The summed E-state index contributed by atoms with van der Waals surface area (Å²) in [5.41, 5.74) is 1.01. The van der Waals surface area contributed by atoms with Gasteiger partial charge in [0.15, 0.2) is 0 Å². The molecule has 0 amide bonds. The first kappa shape index (κ1) is 12.8. The zero-order valence-electron chi connectivity index (χ0n) is 9.01. The molecule has 0 saturated heterocycles. The van der Waals surface area contributed by atoms with E-state index in [0.717, 1.165) is 26.1 Å². The third-order valence-corrected chi connectivity index (χ3v) is 10.7. The number of benzene rings is 1. The summed E-state index contributed by atoms with van der Waals surface area (Å²) < 4.78 is 2.04. The fraction of sp³-hybridized carbons (Fsp3) is 0.273. The zero-order valence-corrected chi connectivity index (χ0v) is 13.0. The van der Waals surface area contributed by atoms with E-state index in [1.54, 1.807) is 0 Å². The van der Waals surface area contributed by atoms with E-state index < -0.39 is 11.0 Å². The molecule has 1 nitrogen and oxygen atoms in total. The Morgan fingerprint density at radius 1 is 1.19 bits per heavy atom. The van der Waals surface area contributed by atoms with Crippen LogP contribution in [0.4, 0.5) is 0 Å². The number of rotatable bonds is 2. The molecule has 0 aromatic heterocycles. The molecule has 2 rings (SSSR count). The van der Waals surface area contributed by atoms with Crippen molar-refractivity contribution in [3.05, 3.63) is 34.3 Å². The third kappa shape index (κ3) is 2.03. The normalized spacial score (nSPS) is 20.1. The van der Waals surface area contributed by atoms with Crippen LogP contribution in [0, 0.1) is 0 Å². The van der Waals surface area contributed by atoms with Gasteiger partial charge in [0, 0.05) is 0 Å². The van der Waals surface area contributed by atoms with Gasteiger partial charge in [-0.2, -0.15) is 0 Å². The van der Waals surface area contributed by atoms with Crippen LogP contribution < -0.4 is 4.46 Å². The predicted molar refractivity (Wildman–Crippen MR) is 74.9 cm³/mol. The quantitative estimate of drug-likeness (QED) is 0.747. The summed E-state index contributed by atoms with van der Waals surface area (Å²) >= 11 is 3.60. The van der Waals surface area contributed by atoms with E-state index in [1.165, 1.54) is 0 Å². The molecule has 16 heavy (non-hydrogen) atoms. The molecule has 0 spiro atoms. The molecule has 0 bridgehead atoms. The predicted octanol–water partition coefficient (Wildman–Crippen LogP) is 2.88. The summed E-state index contributed by atoms with van der Waals surface area (Å²) in [6, 6.07) is 7.89. The van der Waals surface area contributed by atoms with Crippen LogP contribution in [0.15, 0.2) is 28.7 Å². The summed E-state index contributed by atoms with van der Waals surface area (Å²) in [5.74, 6) is 0. The summed E-state index contributed by atoms with van der Waals surface area (Å²) in [7, 11) is 17.1. The van der Waals surface area contributed by atoms with Gasteiger partial charge in [0.05, 0.1) is 0 Å². The van der Waals surface area contributed by atoms with E-state index in [0.29, 0.717) is 0 Å². The van der Waals surface area contributed by atoms with Gasteiger partial charge in [0.2, 0.25) is 0 Å². The minimum absolute atomic E-state index is 0.723. The molecule has 1 heterocycles. The van der Waals surface area contributed by atoms with Gasteiger partial charge in [-0.05, 0) is 0 Å². The molecular formula is C11H12Cl3NSe. The van der Waals surface area contributed by atoms with Gasteiger partial charge < -0.3 is 0 Å². The second kappa shape index (κ2) is 4.53. The first-order valence-electron chi connectivity index (χ1n) is 4.80. The molecule has 88 valence electrons. The molecule has 1 aliphatic rings. The average Bonchev–Trinajstić information content (AvgIpc) is 2.41. The fourth-order valence-corrected chi connectivity index (χ4v) is 9.38. The number of hydrogen-bond donors (Lipinski definition) is 0. The fourth-order valence-electron chi connectivity index (χ4n) is 1.70. The second-order valence-corrected chi connectivity index (χ2v) is 13.9. The van der Waals surface area contributed by atoms with E-state index in [4.69, 9.17) is 31.8 Å². The Morgan fingerprint density at radius 3 is 2.38 bits per heavy atom. The molecule has 1 aromatic rings. The van der Waals surface area contributed by atoms with Gasteiger partial charge in [-0.25, -0.2) is 0 Å². The van der Waals surface area contributed by atoms with Crippen LogP contribution in [0.5, 0.6) is 0 Å². The van der Waals surface area contributed by atoms with Crippen molar-refractivity contribution in [3.8, 4) is 0 Å². The molecular weight excluding hydrogens is 331 g/mol. The third-order valence-electron chi connectivity index (χ3n) is 2.41. The Bertz CT molecular complexity index is 454. The molecule has 5 heteroatoms. The topological polar surface area (TPSA) is 3.24 Å². The molecule has 0 radical (unpaired) electrons. The zero-order chi connectivity index (χ0) is 11.9. The Hall–Kier alpha value is 0.309. The Balaban J connectivity index is 2.53. The van der Waals surface area contributed by atoms with E-state index in [-0.39, 0.29) is 0 Å². The van der Waals surface area contributed by atoms with Crippen molar-refractivity contribution in [1.29, 1.82) is 0 Å². The van der Waals surface area contributed by atoms with Gasteiger partial charge in [0.25, 0.3) is 0 Å². The molecule has 0 fully saturated rings. The van der Waals surface area contributed by atoms with Crippen molar-refractivity contribution in [2.45, 2.75) is 0 Å². The van der Waals surface area contributed by atoms with Crippen LogP contribution in [0.25, 0.3) is 5.03 Å². The monoisotopic (exact) mass is 343 g/mol. The van der Waals surface area contributed by atoms with Gasteiger partial charge in [-0.3, -0.25) is 0 Å². The van der Waals surface area contributed by atoms with E-state index in [1.807, 2.05) is 43.3 Å². The number of fused-ring (bicyclic) bond motifs is 1. The van der Waals surface area contributed by atoms with Gasteiger partial charge >= 0.3 is 112 Å². The Morgan fingerprint density at radius 2 is 1.81 bits per heavy atom. The maximum atomic E-state index is 6.56. The standard InChI is InChI=1S/C11H12Cl3NSe/c1-15(2)7-10-11(12)8-5-3-4-6-9(8)16(10,13)14/h3-6H,7H2,1-2H3. The first-order chi connectivity index (χ1) is 7.44. The number of hydrogen-bond acceptors (Lipinski definition) is 1. The van der Waals surface area contributed by atoms with Crippen LogP contribution in [0.2, 0.25) is 0 Å². The van der Waals surface area contributed by atoms with Crippen molar-refractivity contribution in [2.24, 2.45) is 0 Å². The molecule has 1 aromatic carbocycles. The summed E-state index contributed by atoms with van der Waals surface area (Å²) in [6.45, 7) is 0.723. The molecule has 0 N–H and O–H groups in total. The summed E-state index contributed by atoms with van der Waals surface area (Å²) in [4.78, 5) is 2.04. The molecule has 0 aliphatic carbocycles. The van der Waals surface area contributed by atoms with Crippen molar-refractivity contribution in [1.82, 2.24) is 4.90 Å². The van der Waals surface area contributed by atoms with Crippen LogP contribution in [-0.4, -0.2) is 36.6 Å². The summed E-state index contributed by atoms with van der Waals surface area (Å²) in [6.07, 6.45) is 0. The number of halogens is 3. The van der Waals surface area contributed by atoms with Gasteiger partial charge in [-0.15, -0.1) is 0 Å². The van der Waals surface area contributed by atoms with Crippen molar-refractivity contribution in [3.63, 3.8) is 0 Å². The van der Waals surface area contributed by atoms with E-state index in [2.05, 4.69) is 0 Å². The van der Waals surface area contributed by atoms with E-state index >= 15 is 0 Å². The molecule has 0 atom stereocenters. The molecule has 1 aliphatic heterocycles. The van der Waals surface area contributed by atoms with E-state index in [9.17, 15) is 0 Å². The number of nitrogens with zero attached hydrogens (tertiary/aromatic N) is 1. The Labute approximate surface area is 112 Å². The van der Waals surface area contributed by atoms with Gasteiger partial charge in [0.1, 0.15) is 0 Å². The molecule has 0 saturated carbocycles. The van der Waals surface area contributed by atoms with Gasteiger partial charge in [-0.1, -0.05) is 0 Å². The second-order valence-electron chi connectivity index (χ2n) is 3.94. The van der Waals surface area contributed by atoms with Crippen LogP contribution >= 0.6 is 31.8 Å². The van der Waals surface area contributed by atoms with Crippen LogP contribution in [0.3, 0.4) is 0 Å².